The van der Waals surface area contributed by atoms with E-state index in [0.29, 0.717) is 0 Å². The number of ketones is 1. The summed E-state index contributed by atoms with van der Waals surface area (Å²) in [5.41, 5.74) is 2.84. The Bertz CT molecular complexity index is 583. The molecule has 2 heterocycles. The van der Waals surface area contributed by atoms with Crippen LogP contribution in [-0.2, 0) is 6.42 Å². The van der Waals surface area contributed by atoms with Crippen LogP contribution in [0, 0.1) is 0 Å². The van der Waals surface area contributed by atoms with Crippen LogP contribution in [0.5, 0.6) is 0 Å². The minimum Gasteiger partial charge on any atom is -0.289 e. The number of fused-ring (bicyclic) bond motifs is 1. The van der Waals surface area contributed by atoms with Gasteiger partial charge in [-0.2, -0.15) is 0 Å². The van der Waals surface area contributed by atoms with Crippen LogP contribution in [0.15, 0.2) is 41.5 Å². The van der Waals surface area contributed by atoms with E-state index in [1.807, 2.05) is 29.7 Å². The van der Waals surface area contributed by atoms with E-state index in [2.05, 4.69) is 4.98 Å². The molecule has 0 unspecified atom stereocenters. The highest BCUT2D eigenvalue weighted by Gasteiger charge is 2.22. The third kappa shape index (κ3) is 1.94. The third-order valence-corrected chi connectivity index (χ3v) is 3.93. The quantitative estimate of drug-likeness (QED) is 0.717. The Morgan fingerprint density at radius 2 is 2.00 bits per heavy atom. The molecule has 0 amide bonds. The summed E-state index contributed by atoms with van der Waals surface area (Å²) in [6.07, 6.45) is 7.29. The van der Waals surface area contributed by atoms with Crippen LogP contribution in [0.4, 0.5) is 0 Å². The molecule has 3 rings (SSSR count). The molecule has 3 heteroatoms. The number of pyridine rings is 1. The lowest BCUT2D eigenvalue weighted by Crippen LogP contribution is -2.11. The lowest BCUT2D eigenvalue weighted by atomic mass is 9.91. The Balaban J connectivity index is 1.97. The van der Waals surface area contributed by atoms with Crippen molar-refractivity contribution in [3.8, 4) is 0 Å². The van der Waals surface area contributed by atoms with Crippen LogP contribution < -0.4 is 0 Å². The summed E-state index contributed by atoms with van der Waals surface area (Å²) in [5, 5.41) is 2.00. The SMILES string of the molecule is O=C1C(=Cc2ccncc2)CCc2sccc21. The van der Waals surface area contributed by atoms with E-state index >= 15 is 0 Å². The molecule has 0 spiro atoms. The predicted molar refractivity (Wildman–Crippen MR) is 69.2 cm³/mol. The third-order valence-electron chi connectivity index (χ3n) is 2.95. The minimum absolute atomic E-state index is 0.185. The number of thiophene rings is 1. The summed E-state index contributed by atoms with van der Waals surface area (Å²) >= 11 is 1.68. The Morgan fingerprint density at radius 1 is 1.18 bits per heavy atom. The summed E-state index contributed by atoms with van der Waals surface area (Å²) in [6.45, 7) is 0. The van der Waals surface area contributed by atoms with E-state index in [0.717, 1.165) is 29.5 Å². The lowest BCUT2D eigenvalue weighted by molar-refractivity contribution is 0.102. The number of carbonyl (C=O) groups excluding carboxylic acids is 1. The molecule has 0 saturated heterocycles. The van der Waals surface area contributed by atoms with Gasteiger partial charge in [-0.1, -0.05) is 0 Å². The standard InChI is InChI=1S/C14H11NOS/c16-14-11(9-10-3-6-15-7-4-10)1-2-13-12(14)5-8-17-13/h3-9H,1-2H2. The second-order valence-corrected chi connectivity index (χ2v) is 5.04. The Kier molecular flexibility index (Phi) is 2.61. The molecule has 0 radical (unpaired) electrons. The molecular weight excluding hydrogens is 230 g/mol. The van der Waals surface area contributed by atoms with Crippen molar-refractivity contribution in [3.05, 3.63) is 57.6 Å². The molecule has 0 atom stereocenters. The lowest BCUT2D eigenvalue weighted by Gasteiger charge is -2.13. The topological polar surface area (TPSA) is 30.0 Å². The van der Waals surface area contributed by atoms with Gasteiger partial charge in [-0.05, 0) is 48.1 Å². The van der Waals surface area contributed by atoms with E-state index < -0.39 is 0 Å². The first-order valence-electron chi connectivity index (χ1n) is 5.56. The Hall–Kier alpha value is -1.74. The molecule has 0 aliphatic heterocycles. The predicted octanol–water partition coefficient (Wildman–Crippen LogP) is 3.36. The van der Waals surface area contributed by atoms with E-state index in [1.54, 1.807) is 23.7 Å². The maximum Gasteiger partial charge on any atom is 0.190 e. The van der Waals surface area contributed by atoms with Gasteiger partial charge >= 0.3 is 0 Å². The first-order chi connectivity index (χ1) is 8.34. The molecule has 17 heavy (non-hydrogen) atoms. The fourth-order valence-electron chi connectivity index (χ4n) is 2.07. The number of nitrogens with zero attached hydrogens (tertiary/aromatic N) is 1. The second-order valence-electron chi connectivity index (χ2n) is 4.04. The van der Waals surface area contributed by atoms with E-state index in [1.165, 1.54) is 4.88 Å². The van der Waals surface area contributed by atoms with Crippen molar-refractivity contribution in [1.29, 1.82) is 0 Å². The van der Waals surface area contributed by atoms with Crippen LogP contribution in [0.3, 0.4) is 0 Å². The first kappa shape index (κ1) is 10.4. The van der Waals surface area contributed by atoms with Gasteiger partial charge in [0.25, 0.3) is 0 Å². The summed E-state index contributed by atoms with van der Waals surface area (Å²) in [4.78, 5) is 17.4. The molecule has 0 bridgehead atoms. The van der Waals surface area contributed by atoms with Crippen LogP contribution >= 0.6 is 11.3 Å². The van der Waals surface area contributed by atoms with Gasteiger partial charge in [-0.25, -0.2) is 0 Å². The normalized spacial score (nSPS) is 17.2. The highest BCUT2D eigenvalue weighted by atomic mass is 32.1. The molecule has 2 aromatic rings. The van der Waals surface area contributed by atoms with Gasteiger partial charge in [0.1, 0.15) is 0 Å². The molecular formula is C14H11NOS. The second kappa shape index (κ2) is 4.26. The van der Waals surface area contributed by atoms with Crippen molar-refractivity contribution >= 4 is 23.2 Å². The van der Waals surface area contributed by atoms with Crippen molar-refractivity contribution in [2.75, 3.05) is 0 Å². The number of aryl methyl sites for hydroxylation is 1. The van der Waals surface area contributed by atoms with Crippen molar-refractivity contribution in [2.24, 2.45) is 0 Å². The highest BCUT2D eigenvalue weighted by molar-refractivity contribution is 7.10. The van der Waals surface area contributed by atoms with Crippen LogP contribution in [0.2, 0.25) is 0 Å². The van der Waals surface area contributed by atoms with Crippen molar-refractivity contribution in [3.63, 3.8) is 0 Å². The number of allylic oxidation sites excluding steroid dienone is 1. The highest BCUT2D eigenvalue weighted by Crippen LogP contribution is 2.29. The summed E-state index contributed by atoms with van der Waals surface area (Å²) < 4.78 is 0. The van der Waals surface area contributed by atoms with Crippen molar-refractivity contribution < 1.29 is 4.79 Å². The molecule has 0 fully saturated rings. The smallest absolute Gasteiger partial charge is 0.190 e. The minimum atomic E-state index is 0.185. The number of Topliss-reactive ketones (excluding diaryl/α,β-unsaturated/α-hetero) is 1. The van der Waals surface area contributed by atoms with E-state index in [9.17, 15) is 4.79 Å². The number of carbonyl (C=O) groups is 1. The summed E-state index contributed by atoms with van der Waals surface area (Å²) in [7, 11) is 0. The molecule has 1 aliphatic carbocycles. The van der Waals surface area contributed by atoms with Crippen LogP contribution in [0.1, 0.15) is 27.2 Å². The van der Waals surface area contributed by atoms with Gasteiger partial charge in [0.15, 0.2) is 5.78 Å². The average Bonchev–Trinajstić information content (AvgIpc) is 2.83. The van der Waals surface area contributed by atoms with Crippen molar-refractivity contribution in [1.82, 2.24) is 4.98 Å². The monoisotopic (exact) mass is 241 g/mol. The Labute approximate surface area is 104 Å². The van der Waals surface area contributed by atoms with Gasteiger partial charge in [-0.15, -0.1) is 11.3 Å². The van der Waals surface area contributed by atoms with Crippen LogP contribution in [0.25, 0.3) is 6.08 Å². The molecule has 2 aromatic heterocycles. The molecule has 0 saturated carbocycles. The largest absolute Gasteiger partial charge is 0.289 e. The zero-order valence-corrected chi connectivity index (χ0v) is 10.0. The molecule has 84 valence electrons. The maximum absolute atomic E-state index is 12.2. The number of rotatable bonds is 1. The van der Waals surface area contributed by atoms with E-state index in [-0.39, 0.29) is 5.78 Å². The van der Waals surface area contributed by atoms with Gasteiger partial charge in [-0.3, -0.25) is 9.78 Å². The number of aromatic nitrogens is 1. The van der Waals surface area contributed by atoms with Gasteiger partial charge in [0, 0.05) is 28.4 Å². The number of hydrogen-bond acceptors (Lipinski definition) is 3. The fraction of sp³-hybridized carbons (Fsp3) is 0.143. The maximum atomic E-state index is 12.2. The van der Waals surface area contributed by atoms with E-state index in [4.69, 9.17) is 0 Å². The summed E-state index contributed by atoms with van der Waals surface area (Å²) in [6, 6.07) is 5.77. The fourth-order valence-corrected chi connectivity index (χ4v) is 2.95. The molecule has 0 N–H and O–H groups in total. The first-order valence-corrected chi connectivity index (χ1v) is 6.44. The van der Waals surface area contributed by atoms with Gasteiger partial charge < -0.3 is 0 Å². The molecule has 0 aromatic carbocycles. The van der Waals surface area contributed by atoms with Gasteiger partial charge in [0.05, 0.1) is 0 Å². The summed E-state index contributed by atoms with van der Waals surface area (Å²) in [5.74, 6) is 0.185. The zero-order chi connectivity index (χ0) is 11.7. The average molecular weight is 241 g/mol. The van der Waals surface area contributed by atoms with Crippen molar-refractivity contribution in [2.45, 2.75) is 12.8 Å². The van der Waals surface area contributed by atoms with Crippen LogP contribution in [-0.4, -0.2) is 10.8 Å². The molecule has 2 nitrogen and oxygen atoms in total. The zero-order valence-electron chi connectivity index (χ0n) is 9.22. The number of hydrogen-bond donors (Lipinski definition) is 0. The molecule has 1 aliphatic rings. The van der Waals surface area contributed by atoms with Gasteiger partial charge in [0.2, 0.25) is 0 Å². The Morgan fingerprint density at radius 3 is 2.82 bits per heavy atom.